The molecule has 0 aromatic heterocycles. The van der Waals surface area contributed by atoms with Gasteiger partial charge in [-0.1, -0.05) is 41.9 Å². The Hall–Kier alpha value is -2.20. The topological polar surface area (TPSA) is 47.6 Å². The van der Waals surface area contributed by atoms with Gasteiger partial charge in [0.25, 0.3) is 0 Å². The van der Waals surface area contributed by atoms with Crippen LogP contribution in [-0.2, 0) is 4.79 Å². The molecule has 0 bridgehead atoms. The maximum atomic E-state index is 12.5. The number of rotatable bonds is 5. The fourth-order valence-electron chi connectivity index (χ4n) is 2.74. The number of anilines is 1. The summed E-state index contributed by atoms with van der Waals surface area (Å²) in [5.74, 6) is 1.28. The van der Waals surface area contributed by atoms with Gasteiger partial charge in [-0.25, -0.2) is 0 Å². The van der Waals surface area contributed by atoms with E-state index < -0.39 is 0 Å². The largest absolute Gasteiger partial charge is 0.495 e. The first-order valence-electron chi connectivity index (χ1n) is 7.41. The van der Waals surface area contributed by atoms with E-state index in [4.69, 9.17) is 21.1 Å². The van der Waals surface area contributed by atoms with Crippen molar-refractivity contribution >= 4 is 23.2 Å². The number of methoxy groups -OCH3 is 2. The van der Waals surface area contributed by atoms with E-state index in [-0.39, 0.29) is 17.7 Å². The van der Waals surface area contributed by atoms with Crippen molar-refractivity contribution in [3.63, 3.8) is 0 Å². The minimum absolute atomic E-state index is 0.0104. The number of hydrogen-bond acceptors (Lipinski definition) is 3. The maximum absolute atomic E-state index is 12.5. The van der Waals surface area contributed by atoms with Crippen molar-refractivity contribution in [1.29, 1.82) is 0 Å². The number of amides is 1. The lowest BCUT2D eigenvalue weighted by atomic mass is 10.1. The standard InChI is InChI=1S/C18H18ClNO3/c1-22-16-10-15(17(23-2)9-14(16)19)20-18(21)13-8-12(13)11-6-4-3-5-7-11/h3-7,9-10,12-13H,8H2,1-2H3,(H,20,21)/t12-,13-/m0/s1. The van der Waals surface area contributed by atoms with E-state index in [1.54, 1.807) is 12.1 Å². The van der Waals surface area contributed by atoms with Gasteiger partial charge in [-0.3, -0.25) is 4.79 Å². The van der Waals surface area contributed by atoms with Crippen molar-refractivity contribution in [2.75, 3.05) is 19.5 Å². The molecule has 0 heterocycles. The summed E-state index contributed by atoms with van der Waals surface area (Å²) in [5, 5.41) is 3.36. The average molecular weight is 332 g/mol. The second-order valence-electron chi connectivity index (χ2n) is 5.54. The zero-order valence-electron chi connectivity index (χ0n) is 13.0. The van der Waals surface area contributed by atoms with Gasteiger partial charge in [0.05, 0.1) is 24.9 Å². The van der Waals surface area contributed by atoms with Crippen molar-refractivity contribution in [2.45, 2.75) is 12.3 Å². The van der Waals surface area contributed by atoms with Gasteiger partial charge in [0.1, 0.15) is 11.5 Å². The van der Waals surface area contributed by atoms with Gasteiger partial charge in [-0.05, 0) is 17.9 Å². The summed E-state index contributed by atoms with van der Waals surface area (Å²) < 4.78 is 10.5. The van der Waals surface area contributed by atoms with Gasteiger partial charge in [0.15, 0.2) is 0 Å². The van der Waals surface area contributed by atoms with Crippen molar-refractivity contribution < 1.29 is 14.3 Å². The Morgan fingerprint density at radius 2 is 1.83 bits per heavy atom. The van der Waals surface area contributed by atoms with E-state index in [0.717, 1.165) is 6.42 Å². The predicted molar refractivity (Wildman–Crippen MR) is 90.5 cm³/mol. The molecule has 0 unspecified atom stereocenters. The summed E-state index contributed by atoms with van der Waals surface area (Å²) in [6.45, 7) is 0. The molecule has 0 radical (unpaired) electrons. The third-order valence-corrected chi connectivity index (χ3v) is 4.38. The molecule has 1 amide bonds. The molecular weight excluding hydrogens is 314 g/mol. The molecule has 2 aromatic rings. The molecule has 23 heavy (non-hydrogen) atoms. The zero-order chi connectivity index (χ0) is 16.4. The highest BCUT2D eigenvalue weighted by Gasteiger charge is 2.44. The summed E-state index contributed by atoms with van der Waals surface area (Å²) in [6.07, 6.45) is 0.864. The molecule has 2 atom stereocenters. The number of halogens is 1. The van der Waals surface area contributed by atoms with Crippen molar-refractivity contribution in [3.05, 3.63) is 53.1 Å². The smallest absolute Gasteiger partial charge is 0.228 e. The molecule has 3 rings (SSSR count). The van der Waals surface area contributed by atoms with E-state index >= 15 is 0 Å². The lowest BCUT2D eigenvalue weighted by Crippen LogP contribution is -2.15. The quantitative estimate of drug-likeness (QED) is 0.897. The molecular formula is C18H18ClNO3. The van der Waals surface area contributed by atoms with Crippen LogP contribution in [-0.4, -0.2) is 20.1 Å². The molecule has 1 aliphatic rings. The minimum Gasteiger partial charge on any atom is -0.495 e. The fraction of sp³-hybridized carbons (Fsp3) is 0.278. The first kappa shape index (κ1) is 15.7. The average Bonchev–Trinajstić information content (AvgIpc) is 3.37. The van der Waals surface area contributed by atoms with Crippen molar-refractivity contribution in [2.24, 2.45) is 5.92 Å². The summed E-state index contributed by atoms with van der Waals surface area (Å²) in [4.78, 5) is 12.5. The van der Waals surface area contributed by atoms with Crippen molar-refractivity contribution in [1.82, 2.24) is 0 Å². The number of carbonyl (C=O) groups excluding carboxylic acids is 1. The first-order chi connectivity index (χ1) is 11.1. The summed E-state index contributed by atoms with van der Waals surface area (Å²) in [7, 11) is 3.07. The molecule has 2 aromatic carbocycles. The third kappa shape index (κ3) is 3.27. The number of carbonyl (C=O) groups is 1. The third-order valence-electron chi connectivity index (χ3n) is 4.09. The molecule has 0 saturated heterocycles. The number of nitrogens with one attached hydrogen (secondary N) is 1. The maximum Gasteiger partial charge on any atom is 0.228 e. The van der Waals surface area contributed by atoms with E-state index in [1.165, 1.54) is 19.8 Å². The molecule has 120 valence electrons. The molecule has 1 saturated carbocycles. The van der Waals surface area contributed by atoms with E-state index in [1.807, 2.05) is 18.2 Å². The molecule has 1 aliphatic carbocycles. The Balaban J connectivity index is 1.74. The molecule has 0 spiro atoms. The van der Waals surface area contributed by atoms with Crippen LogP contribution in [0, 0.1) is 5.92 Å². The first-order valence-corrected chi connectivity index (χ1v) is 7.79. The van der Waals surface area contributed by atoms with Crippen LogP contribution in [0.15, 0.2) is 42.5 Å². The predicted octanol–water partition coefficient (Wildman–Crippen LogP) is 4.10. The van der Waals surface area contributed by atoms with E-state index in [2.05, 4.69) is 17.4 Å². The number of ether oxygens (including phenoxy) is 2. The highest BCUT2D eigenvalue weighted by Crippen LogP contribution is 2.48. The van der Waals surface area contributed by atoms with Crippen molar-refractivity contribution in [3.8, 4) is 11.5 Å². The van der Waals surface area contributed by atoms with E-state index in [9.17, 15) is 4.79 Å². The van der Waals surface area contributed by atoms with Gasteiger partial charge < -0.3 is 14.8 Å². The van der Waals surface area contributed by atoms with Gasteiger partial charge in [-0.2, -0.15) is 0 Å². The zero-order valence-corrected chi connectivity index (χ0v) is 13.8. The number of hydrogen-bond donors (Lipinski definition) is 1. The second-order valence-corrected chi connectivity index (χ2v) is 5.94. The van der Waals surface area contributed by atoms with Crippen LogP contribution in [0.1, 0.15) is 17.9 Å². The number of benzene rings is 2. The minimum atomic E-state index is -0.0125. The Morgan fingerprint density at radius 1 is 1.13 bits per heavy atom. The second kappa shape index (κ2) is 6.50. The lowest BCUT2D eigenvalue weighted by molar-refractivity contribution is -0.117. The van der Waals surface area contributed by atoms with E-state index in [0.29, 0.717) is 22.2 Å². The van der Waals surface area contributed by atoms with Crippen LogP contribution in [0.25, 0.3) is 0 Å². The normalized spacial score (nSPS) is 19.1. The van der Waals surface area contributed by atoms with Crippen LogP contribution in [0.4, 0.5) is 5.69 Å². The summed E-state index contributed by atoms with van der Waals surface area (Å²) >= 11 is 6.08. The summed E-state index contributed by atoms with van der Waals surface area (Å²) in [6, 6.07) is 13.4. The molecule has 5 heteroatoms. The monoisotopic (exact) mass is 331 g/mol. The fourth-order valence-corrected chi connectivity index (χ4v) is 2.97. The van der Waals surface area contributed by atoms with Crippen LogP contribution < -0.4 is 14.8 Å². The molecule has 1 N–H and O–H groups in total. The Morgan fingerprint density at radius 3 is 2.48 bits per heavy atom. The SMILES string of the molecule is COc1cc(NC(=O)[C@H]2C[C@H]2c2ccccc2)c(OC)cc1Cl. The molecule has 4 nitrogen and oxygen atoms in total. The Labute approximate surface area is 140 Å². The van der Waals surface area contributed by atoms with Gasteiger partial charge >= 0.3 is 0 Å². The van der Waals surface area contributed by atoms with Crippen LogP contribution in [0.5, 0.6) is 11.5 Å². The Bertz CT molecular complexity index is 718. The van der Waals surface area contributed by atoms with Gasteiger partial charge in [-0.15, -0.1) is 0 Å². The highest BCUT2D eigenvalue weighted by molar-refractivity contribution is 6.32. The molecule has 0 aliphatic heterocycles. The Kier molecular flexibility index (Phi) is 4.44. The van der Waals surface area contributed by atoms with Crippen LogP contribution in [0.3, 0.4) is 0 Å². The summed E-state index contributed by atoms with van der Waals surface area (Å²) in [5.41, 5.74) is 1.77. The van der Waals surface area contributed by atoms with Crippen LogP contribution >= 0.6 is 11.6 Å². The lowest BCUT2D eigenvalue weighted by Gasteiger charge is -2.13. The molecule has 1 fully saturated rings. The highest BCUT2D eigenvalue weighted by atomic mass is 35.5. The van der Waals surface area contributed by atoms with Gasteiger partial charge in [0.2, 0.25) is 5.91 Å². The van der Waals surface area contributed by atoms with Crippen LogP contribution in [0.2, 0.25) is 5.02 Å². The van der Waals surface area contributed by atoms with Gasteiger partial charge in [0, 0.05) is 18.1 Å².